The first kappa shape index (κ1) is 14.0. The largest absolute Gasteiger partial charge is 0.493 e. The molecular weight excluding hydrogens is 262 g/mol. The van der Waals surface area contributed by atoms with Crippen molar-refractivity contribution in [3.63, 3.8) is 0 Å². The molecule has 0 radical (unpaired) electrons. The van der Waals surface area contributed by atoms with Gasteiger partial charge in [0, 0.05) is 18.7 Å². The van der Waals surface area contributed by atoms with E-state index in [-0.39, 0.29) is 0 Å². The Morgan fingerprint density at radius 2 is 1.90 bits per heavy atom. The van der Waals surface area contributed by atoms with E-state index in [1.807, 2.05) is 24.3 Å². The summed E-state index contributed by atoms with van der Waals surface area (Å²) >= 11 is 0. The van der Waals surface area contributed by atoms with E-state index >= 15 is 0 Å². The number of fused-ring (bicyclic) bond motifs is 1. The Balaban J connectivity index is 1.88. The Morgan fingerprint density at radius 3 is 2.67 bits per heavy atom. The summed E-state index contributed by atoms with van der Waals surface area (Å²) in [5, 5.41) is 0. The summed E-state index contributed by atoms with van der Waals surface area (Å²) in [6.07, 6.45) is 1.07. The van der Waals surface area contributed by atoms with E-state index in [1.54, 1.807) is 7.11 Å². The van der Waals surface area contributed by atoms with E-state index in [1.165, 1.54) is 16.7 Å². The summed E-state index contributed by atoms with van der Waals surface area (Å²) < 4.78 is 11.6. The van der Waals surface area contributed by atoms with Gasteiger partial charge in [0.05, 0.1) is 7.11 Å². The molecule has 3 heteroatoms. The number of rotatable bonds is 4. The van der Waals surface area contributed by atoms with Crippen molar-refractivity contribution in [3.05, 3.63) is 59.2 Å². The van der Waals surface area contributed by atoms with Gasteiger partial charge in [-0.2, -0.15) is 0 Å². The second-order valence-electron chi connectivity index (χ2n) is 5.50. The lowest BCUT2D eigenvalue weighted by atomic mass is 9.98. The molecule has 0 atom stereocenters. The lowest BCUT2D eigenvalue weighted by molar-refractivity contribution is 0.261. The van der Waals surface area contributed by atoms with Gasteiger partial charge in [-0.3, -0.25) is 0 Å². The van der Waals surface area contributed by atoms with Gasteiger partial charge in [0.2, 0.25) is 0 Å². The molecule has 1 heterocycles. The van der Waals surface area contributed by atoms with Crippen molar-refractivity contribution >= 4 is 0 Å². The molecule has 0 amide bonds. The zero-order valence-electron chi connectivity index (χ0n) is 12.6. The van der Waals surface area contributed by atoms with Crippen LogP contribution in [0.5, 0.6) is 11.5 Å². The molecule has 0 fully saturated rings. The van der Waals surface area contributed by atoms with Gasteiger partial charge in [-0.15, -0.1) is 0 Å². The summed E-state index contributed by atoms with van der Waals surface area (Å²) in [6.45, 7) is 2.57. The monoisotopic (exact) mass is 283 g/mol. The smallest absolute Gasteiger partial charge is 0.166 e. The SMILES string of the molecule is COc1ccc2c(c1OCc1ccccc1)CN(C)CC2. The Labute approximate surface area is 126 Å². The van der Waals surface area contributed by atoms with Crippen molar-refractivity contribution in [1.29, 1.82) is 0 Å². The minimum absolute atomic E-state index is 0.567. The molecular formula is C18H21NO2. The average molecular weight is 283 g/mol. The fraction of sp³-hybridized carbons (Fsp3) is 0.333. The van der Waals surface area contributed by atoms with Crippen LogP contribution in [-0.4, -0.2) is 25.6 Å². The number of hydrogen-bond acceptors (Lipinski definition) is 3. The number of likely N-dealkylation sites (N-methyl/N-ethyl adjacent to an activating group) is 1. The Hall–Kier alpha value is -2.00. The molecule has 0 spiro atoms. The van der Waals surface area contributed by atoms with Crippen LogP contribution >= 0.6 is 0 Å². The zero-order chi connectivity index (χ0) is 14.7. The van der Waals surface area contributed by atoms with Crippen LogP contribution in [0.3, 0.4) is 0 Å². The molecule has 0 unspecified atom stereocenters. The molecule has 0 N–H and O–H groups in total. The fourth-order valence-corrected chi connectivity index (χ4v) is 2.76. The molecule has 1 aliphatic heterocycles. The van der Waals surface area contributed by atoms with Crippen molar-refractivity contribution in [2.24, 2.45) is 0 Å². The number of nitrogens with zero attached hydrogens (tertiary/aromatic N) is 1. The molecule has 3 rings (SSSR count). The fourth-order valence-electron chi connectivity index (χ4n) is 2.76. The first-order valence-corrected chi connectivity index (χ1v) is 7.32. The van der Waals surface area contributed by atoms with Gasteiger partial charge in [0.15, 0.2) is 11.5 Å². The van der Waals surface area contributed by atoms with Gasteiger partial charge in [-0.25, -0.2) is 0 Å². The zero-order valence-corrected chi connectivity index (χ0v) is 12.6. The van der Waals surface area contributed by atoms with Crippen molar-refractivity contribution in [1.82, 2.24) is 4.90 Å². The Kier molecular flexibility index (Phi) is 4.11. The minimum atomic E-state index is 0.567. The Bertz CT molecular complexity index is 610. The highest BCUT2D eigenvalue weighted by atomic mass is 16.5. The molecule has 3 nitrogen and oxygen atoms in total. The van der Waals surface area contributed by atoms with Gasteiger partial charge in [0.25, 0.3) is 0 Å². The lowest BCUT2D eigenvalue weighted by Gasteiger charge is -2.27. The van der Waals surface area contributed by atoms with E-state index in [4.69, 9.17) is 9.47 Å². The van der Waals surface area contributed by atoms with Gasteiger partial charge < -0.3 is 14.4 Å². The van der Waals surface area contributed by atoms with Crippen LogP contribution < -0.4 is 9.47 Å². The van der Waals surface area contributed by atoms with Gasteiger partial charge in [-0.1, -0.05) is 36.4 Å². The highest BCUT2D eigenvalue weighted by Crippen LogP contribution is 2.37. The molecule has 0 bridgehead atoms. The van der Waals surface area contributed by atoms with Crippen LogP contribution in [0, 0.1) is 0 Å². The predicted molar refractivity (Wildman–Crippen MR) is 83.8 cm³/mol. The van der Waals surface area contributed by atoms with Gasteiger partial charge in [0.1, 0.15) is 6.61 Å². The second kappa shape index (κ2) is 6.19. The van der Waals surface area contributed by atoms with Gasteiger partial charge >= 0.3 is 0 Å². The van der Waals surface area contributed by atoms with Crippen LogP contribution in [0.15, 0.2) is 42.5 Å². The molecule has 2 aromatic rings. The maximum Gasteiger partial charge on any atom is 0.166 e. The summed E-state index contributed by atoms with van der Waals surface area (Å²) in [4.78, 5) is 2.32. The number of methoxy groups -OCH3 is 1. The molecule has 21 heavy (non-hydrogen) atoms. The summed E-state index contributed by atoms with van der Waals surface area (Å²) in [7, 11) is 3.84. The van der Waals surface area contributed by atoms with Crippen LogP contribution in [0.25, 0.3) is 0 Å². The van der Waals surface area contributed by atoms with Crippen LogP contribution in [0.2, 0.25) is 0 Å². The number of ether oxygens (including phenoxy) is 2. The molecule has 0 saturated carbocycles. The topological polar surface area (TPSA) is 21.7 Å². The van der Waals surface area contributed by atoms with E-state index in [9.17, 15) is 0 Å². The van der Waals surface area contributed by atoms with Gasteiger partial charge in [-0.05, 0) is 30.7 Å². The average Bonchev–Trinajstić information content (AvgIpc) is 2.53. The summed E-state index contributed by atoms with van der Waals surface area (Å²) in [6, 6.07) is 14.4. The van der Waals surface area contributed by atoms with Crippen LogP contribution in [-0.2, 0) is 19.6 Å². The van der Waals surface area contributed by atoms with E-state index < -0.39 is 0 Å². The third kappa shape index (κ3) is 3.03. The maximum atomic E-state index is 6.11. The van der Waals surface area contributed by atoms with Crippen LogP contribution in [0.1, 0.15) is 16.7 Å². The van der Waals surface area contributed by atoms with E-state index in [0.29, 0.717) is 6.61 Å². The predicted octanol–water partition coefficient (Wildman–Crippen LogP) is 3.26. The molecule has 110 valence electrons. The molecule has 0 saturated heterocycles. The third-order valence-corrected chi connectivity index (χ3v) is 3.96. The quantitative estimate of drug-likeness (QED) is 0.859. The highest BCUT2D eigenvalue weighted by Gasteiger charge is 2.20. The van der Waals surface area contributed by atoms with Crippen LogP contribution in [0.4, 0.5) is 0 Å². The Morgan fingerprint density at radius 1 is 1.10 bits per heavy atom. The highest BCUT2D eigenvalue weighted by molar-refractivity contribution is 5.51. The summed E-state index contributed by atoms with van der Waals surface area (Å²) in [5.41, 5.74) is 3.80. The standard InChI is InChI=1S/C18H21NO2/c1-19-11-10-15-8-9-17(20-2)18(16(15)12-19)21-13-14-6-4-3-5-7-14/h3-9H,10-13H2,1-2H3. The maximum absolute atomic E-state index is 6.11. The van der Waals surface area contributed by atoms with Crippen molar-refractivity contribution in [2.75, 3.05) is 20.7 Å². The van der Waals surface area contributed by atoms with Crippen molar-refractivity contribution in [3.8, 4) is 11.5 Å². The van der Waals surface area contributed by atoms with Crippen molar-refractivity contribution in [2.45, 2.75) is 19.6 Å². The summed E-state index contributed by atoms with van der Waals surface area (Å²) in [5.74, 6) is 1.71. The number of hydrogen-bond donors (Lipinski definition) is 0. The second-order valence-corrected chi connectivity index (χ2v) is 5.50. The van der Waals surface area contributed by atoms with E-state index in [0.717, 1.165) is 31.0 Å². The first-order valence-electron chi connectivity index (χ1n) is 7.32. The molecule has 2 aromatic carbocycles. The molecule has 0 aromatic heterocycles. The number of benzene rings is 2. The normalized spacial score (nSPS) is 14.6. The third-order valence-electron chi connectivity index (χ3n) is 3.96. The first-order chi connectivity index (χ1) is 10.3. The lowest BCUT2D eigenvalue weighted by Crippen LogP contribution is -2.27. The molecule has 0 aliphatic carbocycles. The minimum Gasteiger partial charge on any atom is -0.493 e. The molecule has 1 aliphatic rings. The van der Waals surface area contributed by atoms with Crippen molar-refractivity contribution < 1.29 is 9.47 Å². The van der Waals surface area contributed by atoms with E-state index in [2.05, 4.69) is 30.1 Å².